The van der Waals surface area contributed by atoms with Gasteiger partial charge >= 0.3 is 0 Å². The fraction of sp³-hybridized carbons (Fsp3) is 0.538. The van der Waals surface area contributed by atoms with Crippen molar-refractivity contribution in [3.63, 3.8) is 0 Å². The molecular weight excluding hydrogens is 224 g/mol. The van der Waals surface area contributed by atoms with Crippen molar-refractivity contribution in [3.05, 3.63) is 29.3 Å². The van der Waals surface area contributed by atoms with E-state index in [-0.39, 0.29) is 6.10 Å². The second-order valence-electron chi connectivity index (χ2n) is 4.15. The van der Waals surface area contributed by atoms with Gasteiger partial charge in [-0.2, -0.15) is 0 Å². The van der Waals surface area contributed by atoms with Crippen LogP contribution in [0.1, 0.15) is 24.0 Å². The van der Waals surface area contributed by atoms with E-state index in [0.29, 0.717) is 12.5 Å². The zero-order valence-electron chi connectivity index (χ0n) is 9.54. The predicted octanol–water partition coefficient (Wildman–Crippen LogP) is 3.29. The average molecular weight is 241 g/mol. The summed E-state index contributed by atoms with van der Waals surface area (Å²) in [6.45, 7) is 3.60. The predicted molar refractivity (Wildman–Crippen MR) is 65.2 cm³/mol. The standard InChI is InChI=1S/C13H17ClO2/c1-10-4-2-5-11(8-14)13(10)16-12-6-3-7-15-9-12/h2,4-5,12H,3,6-9H2,1H3. The van der Waals surface area contributed by atoms with Crippen LogP contribution in [0.5, 0.6) is 5.75 Å². The highest BCUT2D eigenvalue weighted by Gasteiger charge is 2.17. The van der Waals surface area contributed by atoms with Gasteiger partial charge in [0.15, 0.2) is 0 Å². The molecule has 1 heterocycles. The molecule has 1 saturated heterocycles. The first-order valence-corrected chi connectivity index (χ1v) is 6.23. The number of ether oxygens (including phenoxy) is 2. The molecule has 0 amide bonds. The van der Waals surface area contributed by atoms with Crippen LogP contribution in [0.3, 0.4) is 0 Å². The molecule has 0 saturated carbocycles. The van der Waals surface area contributed by atoms with Gasteiger partial charge in [0.1, 0.15) is 11.9 Å². The number of alkyl halides is 1. The molecule has 0 aromatic heterocycles. The minimum Gasteiger partial charge on any atom is -0.487 e. The van der Waals surface area contributed by atoms with Gasteiger partial charge < -0.3 is 9.47 Å². The summed E-state index contributed by atoms with van der Waals surface area (Å²) in [7, 11) is 0. The summed E-state index contributed by atoms with van der Waals surface area (Å²) >= 11 is 5.91. The number of aryl methyl sites for hydroxylation is 1. The monoisotopic (exact) mass is 240 g/mol. The van der Waals surface area contributed by atoms with Crippen LogP contribution in [-0.2, 0) is 10.6 Å². The Labute approximate surface area is 102 Å². The Morgan fingerprint density at radius 1 is 1.50 bits per heavy atom. The lowest BCUT2D eigenvalue weighted by molar-refractivity contribution is 0.00684. The van der Waals surface area contributed by atoms with E-state index in [1.165, 1.54) is 0 Å². The Balaban J connectivity index is 2.12. The van der Waals surface area contributed by atoms with Crippen LogP contribution in [0.4, 0.5) is 0 Å². The van der Waals surface area contributed by atoms with Crippen molar-refractivity contribution in [2.45, 2.75) is 31.7 Å². The first-order valence-electron chi connectivity index (χ1n) is 5.70. The van der Waals surface area contributed by atoms with E-state index in [1.54, 1.807) is 0 Å². The van der Waals surface area contributed by atoms with E-state index < -0.39 is 0 Å². The fourth-order valence-corrected chi connectivity index (χ4v) is 2.17. The van der Waals surface area contributed by atoms with Crippen molar-refractivity contribution in [1.29, 1.82) is 0 Å². The lowest BCUT2D eigenvalue weighted by Crippen LogP contribution is -2.28. The van der Waals surface area contributed by atoms with E-state index in [0.717, 1.165) is 36.3 Å². The maximum Gasteiger partial charge on any atom is 0.127 e. The minimum absolute atomic E-state index is 0.178. The Kier molecular flexibility index (Phi) is 4.08. The molecule has 1 aliphatic heterocycles. The van der Waals surface area contributed by atoms with Gasteiger partial charge in [-0.15, -0.1) is 11.6 Å². The SMILES string of the molecule is Cc1cccc(CCl)c1OC1CCCOC1. The highest BCUT2D eigenvalue weighted by atomic mass is 35.5. The van der Waals surface area contributed by atoms with Crippen LogP contribution < -0.4 is 4.74 Å². The normalized spacial score (nSPS) is 20.8. The summed E-state index contributed by atoms with van der Waals surface area (Å²) in [5.41, 5.74) is 2.20. The lowest BCUT2D eigenvalue weighted by atomic mass is 10.1. The molecule has 3 heteroatoms. The molecule has 2 rings (SSSR count). The number of rotatable bonds is 3. The third kappa shape index (κ3) is 2.69. The van der Waals surface area contributed by atoms with Gasteiger partial charge in [0.05, 0.1) is 12.5 Å². The molecule has 16 heavy (non-hydrogen) atoms. The summed E-state index contributed by atoms with van der Waals surface area (Å²) in [5, 5.41) is 0. The van der Waals surface area contributed by atoms with Crippen molar-refractivity contribution in [2.75, 3.05) is 13.2 Å². The van der Waals surface area contributed by atoms with Crippen molar-refractivity contribution in [3.8, 4) is 5.75 Å². The minimum atomic E-state index is 0.178. The molecule has 88 valence electrons. The largest absolute Gasteiger partial charge is 0.487 e. The number of para-hydroxylation sites is 1. The molecule has 1 fully saturated rings. The quantitative estimate of drug-likeness (QED) is 0.755. The highest BCUT2D eigenvalue weighted by Crippen LogP contribution is 2.27. The van der Waals surface area contributed by atoms with Crippen LogP contribution in [0.2, 0.25) is 0 Å². The molecule has 1 unspecified atom stereocenters. The molecule has 1 atom stereocenters. The van der Waals surface area contributed by atoms with Gasteiger partial charge in [-0.3, -0.25) is 0 Å². The number of hydrogen-bond donors (Lipinski definition) is 0. The van der Waals surface area contributed by atoms with Gasteiger partial charge in [0, 0.05) is 12.2 Å². The van der Waals surface area contributed by atoms with Crippen molar-refractivity contribution in [1.82, 2.24) is 0 Å². The lowest BCUT2D eigenvalue weighted by Gasteiger charge is -2.25. The molecule has 0 N–H and O–H groups in total. The molecule has 1 aromatic carbocycles. The maximum atomic E-state index is 6.00. The Morgan fingerprint density at radius 2 is 2.38 bits per heavy atom. The van der Waals surface area contributed by atoms with Gasteiger partial charge in [-0.1, -0.05) is 18.2 Å². The molecule has 1 aliphatic rings. The second-order valence-corrected chi connectivity index (χ2v) is 4.42. The van der Waals surface area contributed by atoms with Crippen LogP contribution >= 0.6 is 11.6 Å². The first kappa shape index (κ1) is 11.7. The van der Waals surface area contributed by atoms with Crippen molar-refractivity contribution in [2.24, 2.45) is 0 Å². The van der Waals surface area contributed by atoms with Crippen LogP contribution in [0.25, 0.3) is 0 Å². The van der Waals surface area contributed by atoms with Crippen LogP contribution in [0, 0.1) is 6.92 Å². The molecular formula is C13H17ClO2. The van der Waals surface area contributed by atoms with Gasteiger partial charge in [-0.05, 0) is 25.3 Å². The molecule has 2 nitrogen and oxygen atoms in total. The summed E-state index contributed by atoms with van der Waals surface area (Å²) in [6, 6.07) is 6.07. The summed E-state index contributed by atoms with van der Waals surface area (Å²) in [5.74, 6) is 1.43. The second kappa shape index (κ2) is 5.55. The smallest absolute Gasteiger partial charge is 0.127 e. The Morgan fingerprint density at radius 3 is 3.06 bits per heavy atom. The fourth-order valence-electron chi connectivity index (χ4n) is 1.96. The third-order valence-corrected chi connectivity index (χ3v) is 3.13. The van der Waals surface area contributed by atoms with E-state index >= 15 is 0 Å². The van der Waals surface area contributed by atoms with Crippen molar-refractivity contribution >= 4 is 11.6 Å². The van der Waals surface area contributed by atoms with Gasteiger partial charge in [0.2, 0.25) is 0 Å². The molecule has 0 aliphatic carbocycles. The van der Waals surface area contributed by atoms with Crippen molar-refractivity contribution < 1.29 is 9.47 Å². The van der Waals surface area contributed by atoms with Gasteiger partial charge in [0.25, 0.3) is 0 Å². The topological polar surface area (TPSA) is 18.5 Å². The molecule has 0 spiro atoms. The van der Waals surface area contributed by atoms with E-state index in [2.05, 4.69) is 13.0 Å². The highest BCUT2D eigenvalue weighted by molar-refractivity contribution is 6.17. The van der Waals surface area contributed by atoms with E-state index in [1.807, 2.05) is 12.1 Å². The molecule has 0 radical (unpaired) electrons. The number of hydrogen-bond acceptors (Lipinski definition) is 2. The first-order chi connectivity index (χ1) is 7.81. The summed E-state index contributed by atoms with van der Waals surface area (Å²) in [4.78, 5) is 0. The zero-order chi connectivity index (χ0) is 11.4. The number of halogens is 1. The third-order valence-electron chi connectivity index (χ3n) is 2.84. The maximum absolute atomic E-state index is 6.00. The molecule has 1 aromatic rings. The Bertz CT molecular complexity index is 346. The molecule has 0 bridgehead atoms. The number of benzene rings is 1. The van der Waals surface area contributed by atoms with Crippen LogP contribution in [-0.4, -0.2) is 19.3 Å². The van der Waals surface area contributed by atoms with Crippen LogP contribution in [0.15, 0.2) is 18.2 Å². The van der Waals surface area contributed by atoms with Gasteiger partial charge in [-0.25, -0.2) is 0 Å². The van der Waals surface area contributed by atoms with E-state index in [4.69, 9.17) is 21.1 Å². The zero-order valence-corrected chi connectivity index (χ0v) is 10.3. The summed E-state index contributed by atoms with van der Waals surface area (Å²) < 4.78 is 11.4. The average Bonchev–Trinajstić information content (AvgIpc) is 2.33. The van der Waals surface area contributed by atoms with E-state index in [9.17, 15) is 0 Å². The summed E-state index contributed by atoms with van der Waals surface area (Å²) in [6.07, 6.45) is 2.32. The Hall–Kier alpha value is -0.730.